The van der Waals surface area contributed by atoms with Crippen LogP contribution in [0, 0.1) is 18.6 Å². The van der Waals surface area contributed by atoms with Gasteiger partial charge < -0.3 is 4.74 Å². The van der Waals surface area contributed by atoms with Crippen molar-refractivity contribution in [2.45, 2.75) is 30.1 Å². The van der Waals surface area contributed by atoms with Gasteiger partial charge in [0, 0.05) is 24.0 Å². The molecule has 0 radical (unpaired) electrons. The molecule has 0 unspecified atom stereocenters. The lowest BCUT2D eigenvalue weighted by molar-refractivity contribution is 0.135. The maximum atomic E-state index is 13.8. The summed E-state index contributed by atoms with van der Waals surface area (Å²) in [6.07, 6.45) is 0.808. The van der Waals surface area contributed by atoms with Gasteiger partial charge in [-0.25, -0.2) is 17.2 Å². The summed E-state index contributed by atoms with van der Waals surface area (Å²) in [6.45, 7) is 2.56. The van der Waals surface area contributed by atoms with Gasteiger partial charge in [0.2, 0.25) is 0 Å². The molecule has 0 aliphatic carbocycles. The number of benzene rings is 1. The fourth-order valence-corrected chi connectivity index (χ4v) is 6.83. The number of rotatable bonds is 4. The SMILES string of the molecule is Cc1ccc(S(=O)(=O)N2CCC(Oc3nc4c(F)cc(F)cc4s3)CC2)s1. The average Bonchev–Trinajstić information content (AvgIpc) is 3.22. The molecule has 3 heterocycles. The minimum absolute atomic E-state index is 0.0875. The van der Waals surface area contributed by atoms with Crippen LogP contribution in [0.2, 0.25) is 0 Å². The number of piperidine rings is 1. The first-order valence-corrected chi connectivity index (χ1v) is 11.4. The Balaban J connectivity index is 1.43. The largest absolute Gasteiger partial charge is 0.467 e. The van der Waals surface area contributed by atoms with E-state index in [9.17, 15) is 17.2 Å². The molecule has 1 saturated heterocycles. The van der Waals surface area contributed by atoms with E-state index in [-0.39, 0.29) is 16.8 Å². The van der Waals surface area contributed by atoms with Gasteiger partial charge in [0.25, 0.3) is 15.2 Å². The van der Waals surface area contributed by atoms with Crippen molar-refractivity contribution in [1.82, 2.24) is 9.29 Å². The lowest BCUT2D eigenvalue weighted by atomic mass is 10.1. The Morgan fingerprint density at radius 3 is 2.59 bits per heavy atom. The van der Waals surface area contributed by atoms with Crippen molar-refractivity contribution in [2.75, 3.05) is 13.1 Å². The zero-order chi connectivity index (χ0) is 19.2. The van der Waals surface area contributed by atoms with Crippen LogP contribution in [0.4, 0.5) is 8.78 Å². The Hall–Kier alpha value is -1.62. The quantitative estimate of drug-likeness (QED) is 0.623. The van der Waals surface area contributed by atoms with Crippen molar-refractivity contribution in [3.63, 3.8) is 0 Å². The Labute approximate surface area is 163 Å². The zero-order valence-electron chi connectivity index (χ0n) is 14.3. The number of hydrogen-bond donors (Lipinski definition) is 0. The molecule has 1 fully saturated rings. The Morgan fingerprint density at radius 2 is 1.93 bits per heavy atom. The van der Waals surface area contributed by atoms with E-state index >= 15 is 0 Å². The zero-order valence-corrected chi connectivity index (χ0v) is 16.8. The first kappa shape index (κ1) is 18.7. The second-order valence-corrected chi connectivity index (χ2v) is 10.7. The fourth-order valence-electron chi connectivity index (χ4n) is 3.00. The lowest BCUT2D eigenvalue weighted by Crippen LogP contribution is -2.41. The predicted molar refractivity (Wildman–Crippen MR) is 101 cm³/mol. The first-order valence-electron chi connectivity index (χ1n) is 8.32. The van der Waals surface area contributed by atoms with Gasteiger partial charge in [-0.2, -0.15) is 9.29 Å². The van der Waals surface area contributed by atoms with Gasteiger partial charge in [0.1, 0.15) is 21.6 Å². The van der Waals surface area contributed by atoms with E-state index in [0.29, 0.717) is 34.8 Å². The maximum absolute atomic E-state index is 13.8. The summed E-state index contributed by atoms with van der Waals surface area (Å²) in [5, 5.41) is 0.268. The van der Waals surface area contributed by atoms with Gasteiger partial charge in [-0.15, -0.1) is 11.3 Å². The molecule has 10 heteroatoms. The third-order valence-corrected chi connectivity index (χ3v) is 8.63. The Morgan fingerprint density at radius 1 is 1.19 bits per heavy atom. The molecule has 4 rings (SSSR count). The molecule has 1 aliphatic rings. The normalized spacial score (nSPS) is 16.9. The maximum Gasteiger partial charge on any atom is 0.274 e. The van der Waals surface area contributed by atoms with Crippen LogP contribution in [0.15, 0.2) is 28.5 Å². The fraction of sp³-hybridized carbons (Fsp3) is 0.353. The number of hydrogen-bond acceptors (Lipinski definition) is 6. The third kappa shape index (κ3) is 3.71. The molecule has 0 saturated carbocycles. The minimum Gasteiger partial charge on any atom is -0.467 e. The summed E-state index contributed by atoms with van der Waals surface area (Å²) in [6, 6.07) is 5.44. The van der Waals surface area contributed by atoms with E-state index < -0.39 is 21.7 Å². The topological polar surface area (TPSA) is 59.5 Å². The van der Waals surface area contributed by atoms with Gasteiger partial charge in [-0.05, 0) is 38.0 Å². The molecule has 2 aromatic heterocycles. The van der Waals surface area contributed by atoms with Crippen LogP contribution in [-0.4, -0.2) is 36.9 Å². The second kappa shape index (κ2) is 7.08. The molecule has 0 bridgehead atoms. The highest BCUT2D eigenvalue weighted by molar-refractivity contribution is 7.91. The smallest absolute Gasteiger partial charge is 0.274 e. The van der Waals surface area contributed by atoms with Crippen LogP contribution in [-0.2, 0) is 10.0 Å². The molecule has 0 N–H and O–H groups in total. The summed E-state index contributed by atoms with van der Waals surface area (Å²) in [7, 11) is -3.48. The number of thiazole rings is 1. The van der Waals surface area contributed by atoms with E-state index in [1.54, 1.807) is 12.1 Å². The number of halogens is 2. The standard InChI is InChI=1S/C17H16F2N2O3S3/c1-10-2-3-15(25-10)27(22,23)21-6-4-12(5-7-21)24-17-20-16-13(19)8-11(18)9-14(16)26-17/h2-3,8-9,12H,4-7H2,1H3. The van der Waals surface area contributed by atoms with Gasteiger partial charge in [-0.3, -0.25) is 0 Å². The number of thiophene rings is 1. The van der Waals surface area contributed by atoms with Crippen LogP contribution in [0.1, 0.15) is 17.7 Å². The van der Waals surface area contributed by atoms with Crippen molar-refractivity contribution in [1.29, 1.82) is 0 Å². The van der Waals surface area contributed by atoms with Crippen molar-refractivity contribution in [2.24, 2.45) is 0 Å². The number of aryl methyl sites for hydroxylation is 1. The molecule has 0 atom stereocenters. The van der Waals surface area contributed by atoms with E-state index in [4.69, 9.17) is 4.74 Å². The average molecular weight is 431 g/mol. The second-order valence-electron chi connectivity index (χ2n) is 6.30. The van der Waals surface area contributed by atoms with Gasteiger partial charge in [0.15, 0.2) is 5.82 Å². The van der Waals surface area contributed by atoms with E-state index in [0.717, 1.165) is 22.3 Å². The van der Waals surface area contributed by atoms with E-state index in [2.05, 4.69) is 4.98 Å². The van der Waals surface area contributed by atoms with Crippen LogP contribution in [0.5, 0.6) is 5.19 Å². The molecule has 3 aromatic rings. The summed E-state index contributed by atoms with van der Waals surface area (Å²) < 4.78 is 60.4. The number of aromatic nitrogens is 1. The van der Waals surface area contributed by atoms with Gasteiger partial charge in [-0.1, -0.05) is 11.3 Å². The molecule has 1 aromatic carbocycles. The molecule has 0 spiro atoms. The summed E-state index contributed by atoms with van der Waals surface area (Å²) >= 11 is 2.34. The van der Waals surface area contributed by atoms with Gasteiger partial charge >= 0.3 is 0 Å². The minimum atomic E-state index is -3.48. The molecular weight excluding hydrogens is 414 g/mol. The van der Waals surface area contributed by atoms with Crippen molar-refractivity contribution < 1.29 is 21.9 Å². The predicted octanol–water partition coefficient (Wildman–Crippen LogP) is 4.18. The third-order valence-electron chi connectivity index (χ3n) is 4.37. The number of sulfonamides is 1. The van der Waals surface area contributed by atoms with Crippen LogP contribution >= 0.6 is 22.7 Å². The van der Waals surface area contributed by atoms with E-state index in [1.165, 1.54) is 21.7 Å². The van der Waals surface area contributed by atoms with Crippen molar-refractivity contribution in [3.05, 3.63) is 40.8 Å². The summed E-state index contributed by atoms with van der Waals surface area (Å²) in [4.78, 5) is 5.04. The van der Waals surface area contributed by atoms with Gasteiger partial charge in [0.05, 0.1) is 4.70 Å². The highest BCUT2D eigenvalue weighted by atomic mass is 32.2. The van der Waals surface area contributed by atoms with Crippen molar-refractivity contribution in [3.8, 4) is 5.19 Å². The van der Waals surface area contributed by atoms with Crippen LogP contribution in [0.25, 0.3) is 10.2 Å². The monoisotopic (exact) mass is 430 g/mol. The highest BCUT2D eigenvalue weighted by Gasteiger charge is 2.31. The lowest BCUT2D eigenvalue weighted by Gasteiger charge is -2.30. The Kier molecular flexibility index (Phi) is 4.91. The Bertz CT molecular complexity index is 1090. The molecule has 27 heavy (non-hydrogen) atoms. The van der Waals surface area contributed by atoms with Crippen LogP contribution in [0.3, 0.4) is 0 Å². The van der Waals surface area contributed by atoms with Crippen molar-refractivity contribution >= 4 is 42.9 Å². The number of fused-ring (bicyclic) bond motifs is 1. The van der Waals surface area contributed by atoms with Crippen LogP contribution < -0.4 is 4.74 Å². The highest BCUT2D eigenvalue weighted by Crippen LogP contribution is 2.33. The van der Waals surface area contributed by atoms with E-state index in [1.807, 2.05) is 6.92 Å². The summed E-state index contributed by atoms with van der Waals surface area (Å²) in [5.74, 6) is -1.37. The molecular formula is C17H16F2N2O3S3. The number of ether oxygens (including phenoxy) is 1. The molecule has 5 nitrogen and oxygen atoms in total. The molecule has 0 amide bonds. The molecule has 1 aliphatic heterocycles. The first-order chi connectivity index (χ1) is 12.8. The molecule has 144 valence electrons. The summed E-state index contributed by atoms with van der Waals surface area (Å²) in [5.41, 5.74) is 0.0875. The number of nitrogens with zero attached hydrogens (tertiary/aromatic N) is 2.